The number of halogens is 1. The van der Waals surface area contributed by atoms with Crippen LogP contribution < -0.4 is 0 Å². The number of benzene rings is 2. The van der Waals surface area contributed by atoms with Gasteiger partial charge in [0, 0.05) is 5.56 Å². The molecule has 0 bridgehead atoms. The van der Waals surface area contributed by atoms with Crippen molar-refractivity contribution in [1.82, 2.24) is 4.90 Å². The maximum atomic E-state index is 13.5. The Kier molecular flexibility index (Phi) is 6.76. The van der Waals surface area contributed by atoms with Gasteiger partial charge in [-0.15, -0.1) is 0 Å². The Bertz CT molecular complexity index is 1120. The number of hydrogen-bond acceptors (Lipinski definition) is 6. The fourth-order valence-electron chi connectivity index (χ4n) is 4.72. The van der Waals surface area contributed by atoms with Crippen molar-refractivity contribution in [3.05, 3.63) is 71.3 Å². The van der Waals surface area contributed by atoms with Crippen LogP contribution >= 0.6 is 15.9 Å². The van der Waals surface area contributed by atoms with Crippen LogP contribution in [0.1, 0.15) is 53.3 Å². The van der Waals surface area contributed by atoms with Gasteiger partial charge in [0.05, 0.1) is 23.8 Å². The van der Waals surface area contributed by atoms with Crippen LogP contribution in [0.3, 0.4) is 0 Å². The second kappa shape index (κ2) is 9.45. The molecule has 0 unspecified atom stereocenters. The van der Waals surface area contributed by atoms with E-state index in [0.717, 1.165) is 5.56 Å². The van der Waals surface area contributed by atoms with E-state index in [1.807, 2.05) is 30.3 Å². The number of amides is 2. The number of carbonyl (C=O) groups excluding carboxylic acids is 2. The molecule has 0 aromatic heterocycles. The normalized spacial score (nSPS) is 30.8. The maximum absolute atomic E-state index is 13.5. The number of rotatable bonds is 4. The molecule has 0 saturated carbocycles. The molecule has 2 saturated heterocycles. The third-order valence-electron chi connectivity index (χ3n) is 7.72. The number of nitrogens with zero attached hydrogens (tertiary/aromatic N) is 1. The number of alkyl halides is 1. The van der Waals surface area contributed by atoms with Gasteiger partial charge in [-0.05, 0) is 30.3 Å². The minimum atomic E-state index is -2.36. The monoisotopic (exact) mass is 573 g/mol. The molecule has 3 aliphatic rings. The Hall–Kier alpha value is -1.88. The van der Waals surface area contributed by atoms with E-state index in [2.05, 4.69) is 49.8 Å². The van der Waals surface area contributed by atoms with E-state index in [9.17, 15) is 9.59 Å². The van der Waals surface area contributed by atoms with Gasteiger partial charge in [-0.25, -0.2) is 0 Å². The SMILES string of the molecule is CC(C)(C)[Si](C)(C)O[C@H]1[C@H]2O[C@@H](c3ccccc3)OC[C@H]2O[C@@H](Br)[C@@H]1N1C(=O)c2ccccc2C1=O. The van der Waals surface area contributed by atoms with Crippen molar-refractivity contribution in [3.8, 4) is 0 Å². The summed E-state index contributed by atoms with van der Waals surface area (Å²) in [5, 5.41) is -0.740. The minimum absolute atomic E-state index is 0.0981. The summed E-state index contributed by atoms with van der Waals surface area (Å²) in [7, 11) is -2.36. The van der Waals surface area contributed by atoms with Crippen LogP contribution in [-0.4, -0.2) is 61.0 Å². The molecule has 9 heteroatoms. The lowest BCUT2D eigenvalue weighted by molar-refractivity contribution is -0.307. The van der Waals surface area contributed by atoms with Crippen molar-refractivity contribution in [2.75, 3.05) is 6.61 Å². The van der Waals surface area contributed by atoms with Crippen molar-refractivity contribution < 1.29 is 28.2 Å². The lowest BCUT2D eigenvalue weighted by atomic mass is 9.95. The quantitative estimate of drug-likeness (QED) is 0.281. The molecule has 0 aliphatic carbocycles. The van der Waals surface area contributed by atoms with Gasteiger partial charge in [0.1, 0.15) is 23.3 Å². The largest absolute Gasteiger partial charge is 0.409 e. The van der Waals surface area contributed by atoms with Gasteiger partial charge < -0.3 is 18.6 Å². The lowest BCUT2D eigenvalue weighted by Crippen LogP contribution is -2.68. The summed E-state index contributed by atoms with van der Waals surface area (Å²) in [5.74, 6) is -0.690. The summed E-state index contributed by atoms with van der Waals surface area (Å²) in [4.78, 5) is 28.3. The van der Waals surface area contributed by atoms with Gasteiger partial charge in [-0.3, -0.25) is 14.5 Å². The van der Waals surface area contributed by atoms with E-state index >= 15 is 0 Å². The van der Waals surface area contributed by atoms with Crippen LogP contribution in [0, 0.1) is 0 Å². The number of imide groups is 1. The summed E-state index contributed by atoms with van der Waals surface area (Å²) in [5.41, 5.74) is 1.68. The fourth-order valence-corrected chi connectivity index (χ4v) is 6.85. The molecule has 3 aliphatic heterocycles. The first-order valence-electron chi connectivity index (χ1n) is 12.3. The molecule has 0 radical (unpaired) electrons. The summed E-state index contributed by atoms with van der Waals surface area (Å²) in [6.07, 6.45) is -2.17. The Morgan fingerprint density at radius 1 is 0.944 bits per heavy atom. The van der Waals surface area contributed by atoms with Gasteiger partial charge in [-0.2, -0.15) is 0 Å². The molecule has 2 amide bonds. The zero-order valence-electron chi connectivity index (χ0n) is 21.1. The third-order valence-corrected chi connectivity index (χ3v) is 13.0. The Balaban J connectivity index is 1.54. The molecule has 2 aromatic rings. The Morgan fingerprint density at radius 2 is 1.53 bits per heavy atom. The van der Waals surface area contributed by atoms with Gasteiger partial charge in [0.15, 0.2) is 14.6 Å². The molecular weight excluding hydrogens is 542 g/mol. The summed E-state index contributed by atoms with van der Waals surface area (Å²) < 4.78 is 25.8. The third kappa shape index (κ3) is 4.40. The van der Waals surface area contributed by atoms with Gasteiger partial charge >= 0.3 is 0 Å². The van der Waals surface area contributed by atoms with Crippen LogP contribution in [-0.2, 0) is 18.6 Å². The van der Waals surface area contributed by atoms with Crippen molar-refractivity contribution in [3.63, 3.8) is 0 Å². The molecule has 2 fully saturated rings. The molecule has 0 N–H and O–H groups in total. The van der Waals surface area contributed by atoms with Gasteiger partial charge in [-0.1, -0.05) is 79.2 Å². The molecule has 192 valence electrons. The predicted molar refractivity (Wildman–Crippen MR) is 140 cm³/mol. The Labute approximate surface area is 221 Å². The first-order chi connectivity index (χ1) is 17.0. The average Bonchev–Trinajstić information content (AvgIpc) is 3.09. The summed E-state index contributed by atoms with van der Waals surface area (Å²) in [6.45, 7) is 11.1. The molecule has 2 aromatic carbocycles. The zero-order valence-corrected chi connectivity index (χ0v) is 23.7. The lowest BCUT2D eigenvalue weighted by Gasteiger charge is -2.53. The molecule has 0 spiro atoms. The van der Waals surface area contributed by atoms with Crippen LogP contribution in [0.25, 0.3) is 0 Å². The van der Waals surface area contributed by atoms with Crippen molar-refractivity contribution in [2.24, 2.45) is 0 Å². The minimum Gasteiger partial charge on any atom is -0.409 e. The van der Waals surface area contributed by atoms with Crippen molar-refractivity contribution in [2.45, 2.75) is 74.6 Å². The Morgan fingerprint density at radius 3 is 2.11 bits per heavy atom. The van der Waals surface area contributed by atoms with E-state index in [0.29, 0.717) is 17.7 Å². The standard InChI is InChI=1S/C27H32BrNO6Si/c1-27(2,3)36(4,5)35-22-20(29-24(30)17-13-9-10-14-18(17)25(29)31)23(28)33-19-15-32-26(34-21(19)22)16-11-7-6-8-12-16/h6-14,19-23,26H,15H2,1-5H3/t19-,20-,21+,22-,23-,26+/m1/s1. The zero-order chi connectivity index (χ0) is 25.8. The second-order valence-electron chi connectivity index (χ2n) is 11.1. The van der Waals surface area contributed by atoms with Crippen molar-refractivity contribution >= 4 is 36.1 Å². The summed E-state index contributed by atoms with van der Waals surface area (Å²) >= 11 is 3.64. The molecular formula is C27H32BrNO6Si. The van der Waals surface area contributed by atoms with Gasteiger partial charge in [0.2, 0.25) is 0 Å². The van der Waals surface area contributed by atoms with E-state index < -0.39 is 44.0 Å². The fraction of sp³-hybridized carbons (Fsp3) is 0.481. The number of fused-ring (bicyclic) bond motifs is 2. The highest BCUT2D eigenvalue weighted by atomic mass is 79.9. The molecule has 36 heavy (non-hydrogen) atoms. The number of ether oxygens (including phenoxy) is 3. The highest BCUT2D eigenvalue weighted by Gasteiger charge is 2.57. The van der Waals surface area contributed by atoms with E-state index in [1.54, 1.807) is 24.3 Å². The first kappa shape index (κ1) is 25.8. The molecule has 5 rings (SSSR count). The van der Waals surface area contributed by atoms with Crippen LogP contribution in [0.4, 0.5) is 0 Å². The van der Waals surface area contributed by atoms with E-state index in [1.165, 1.54) is 4.90 Å². The predicted octanol–water partition coefficient (Wildman–Crippen LogP) is 5.28. The topological polar surface area (TPSA) is 74.3 Å². The van der Waals surface area contributed by atoms with E-state index in [-0.39, 0.29) is 16.9 Å². The molecule has 7 nitrogen and oxygen atoms in total. The van der Waals surface area contributed by atoms with Crippen molar-refractivity contribution in [1.29, 1.82) is 0 Å². The van der Waals surface area contributed by atoms with Gasteiger partial charge in [0.25, 0.3) is 11.8 Å². The highest BCUT2D eigenvalue weighted by Crippen LogP contribution is 2.44. The molecule has 3 heterocycles. The van der Waals surface area contributed by atoms with Crippen LogP contribution in [0.15, 0.2) is 54.6 Å². The van der Waals surface area contributed by atoms with Crippen LogP contribution in [0.2, 0.25) is 18.1 Å². The smallest absolute Gasteiger partial charge is 0.262 e. The number of carbonyl (C=O) groups is 2. The highest BCUT2D eigenvalue weighted by molar-refractivity contribution is 9.09. The second-order valence-corrected chi connectivity index (χ2v) is 16.7. The summed E-state index contributed by atoms with van der Waals surface area (Å²) in [6, 6.07) is 15.9. The number of hydrogen-bond donors (Lipinski definition) is 0. The van der Waals surface area contributed by atoms with Crippen LogP contribution in [0.5, 0.6) is 0 Å². The van der Waals surface area contributed by atoms with E-state index in [4.69, 9.17) is 18.6 Å². The average molecular weight is 575 g/mol. The maximum Gasteiger partial charge on any atom is 0.262 e. The first-order valence-corrected chi connectivity index (χ1v) is 16.1. The molecule has 6 atom stereocenters.